The van der Waals surface area contributed by atoms with Crippen LogP contribution in [0.4, 0.5) is 0 Å². The Balaban J connectivity index is 1.79. The van der Waals surface area contributed by atoms with Gasteiger partial charge in [0, 0.05) is 19.7 Å². The molecule has 1 aromatic heterocycles. The number of hydrogen-bond donors (Lipinski definition) is 0. The Morgan fingerprint density at radius 2 is 1.93 bits per heavy atom. The molecule has 1 unspecified atom stereocenters. The molecular weight excluding hydrogens is 378 g/mol. The van der Waals surface area contributed by atoms with Gasteiger partial charge < -0.3 is 18.8 Å². The average molecular weight is 414 g/mol. The standard InChI is InChI=1S/C25H35NO4/c1-19(2)25(12-15-30-24(3,4)18-25)11-13-26(23(27)21-10-14-29-17-21)16-20-6-8-22(28-5)9-7-20/h6-10,14,17,19H,11-13,15-16,18H2,1-5H3. The van der Waals surface area contributed by atoms with E-state index < -0.39 is 0 Å². The van der Waals surface area contributed by atoms with E-state index in [1.807, 2.05) is 29.2 Å². The van der Waals surface area contributed by atoms with Gasteiger partial charge in [-0.25, -0.2) is 0 Å². The molecule has 0 N–H and O–H groups in total. The number of rotatable bonds is 8. The Morgan fingerprint density at radius 3 is 2.50 bits per heavy atom. The van der Waals surface area contributed by atoms with Crippen LogP contribution in [0.1, 0.15) is 62.9 Å². The monoisotopic (exact) mass is 413 g/mol. The maximum Gasteiger partial charge on any atom is 0.257 e. The first kappa shape index (κ1) is 22.4. The van der Waals surface area contributed by atoms with E-state index >= 15 is 0 Å². The zero-order valence-corrected chi connectivity index (χ0v) is 18.9. The third kappa shape index (κ3) is 5.25. The highest BCUT2D eigenvalue weighted by Gasteiger charge is 2.43. The summed E-state index contributed by atoms with van der Waals surface area (Å²) in [6.45, 7) is 11.0. The fourth-order valence-corrected chi connectivity index (χ4v) is 4.64. The van der Waals surface area contributed by atoms with Crippen LogP contribution in [0.3, 0.4) is 0 Å². The molecule has 1 fully saturated rings. The number of amides is 1. The molecule has 1 saturated heterocycles. The molecule has 0 radical (unpaired) electrons. The van der Waals surface area contributed by atoms with E-state index in [0.29, 0.717) is 24.6 Å². The van der Waals surface area contributed by atoms with Gasteiger partial charge in [-0.3, -0.25) is 4.79 Å². The van der Waals surface area contributed by atoms with Crippen LogP contribution in [-0.4, -0.2) is 36.7 Å². The molecule has 2 aromatic rings. The summed E-state index contributed by atoms with van der Waals surface area (Å²) in [4.78, 5) is 15.2. The predicted octanol–water partition coefficient (Wildman–Crippen LogP) is 5.55. The second kappa shape index (κ2) is 9.25. The fraction of sp³-hybridized carbons (Fsp3) is 0.560. The number of furan rings is 1. The molecule has 1 aliphatic heterocycles. The van der Waals surface area contributed by atoms with Crippen molar-refractivity contribution in [2.45, 2.75) is 59.1 Å². The summed E-state index contributed by atoms with van der Waals surface area (Å²) >= 11 is 0. The summed E-state index contributed by atoms with van der Waals surface area (Å²) < 4.78 is 16.4. The van der Waals surface area contributed by atoms with E-state index in [0.717, 1.165) is 37.2 Å². The van der Waals surface area contributed by atoms with Crippen LogP contribution in [0, 0.1) is 11.3 Å². The van der Waals surface area contributed by atoms with Crippen LogP contribution in [0.5, 0.6) is 5.75 Å². The highest BCUT2D eigenvalue weighted by Crippen LogP contribution is 2.47. The lowest BCUT2D eigenvalue weighted by Crippen LogP contribution is -2.46. The molecule has 1 atom stereocenters. The lowest BCUT2D eigenvalue weighted by molar-refractivity contribution is -0.122. The maximum absolute atomic E-state index is 13.2. The summed E-state index contributed by atoms with van der Waals surface area (Å²) in [5, 5.41) is 0. The van der Waals surface area contributed by atoms with Crippen LogP contribution < -0.4 is 4.74 Å². The third-order valence-electron chi connectivity index (χ3n) is 6.56. The number of benzene rings is 1. The van der Waals surface area contributed by atoms with E-state index in [2.05, 4.69) is 27.7 Å². The first-order valence-electron chi connectivity index (χ1n) is 10.8. The van der Waals surface area contributed by atoms with Crippen molar-refractivity contribution in [2.24, 2.45) is 11.3 Å². The molecule has 0 saturated carbocycles. The lowest BCUT2D eigenvalue weighted by atomic mass is 9.65. The Labute approximate surface area is 180 Å². The summed E-state index contributed by atoms with van der Waals surface area (Å²) in [5.41, 5.74) is 1.71. The molecule has 2 heterocycles. The largest absolute Gasteiger partial charge is 0.497 e. The zero-order chi connectivity index (χ0) is 21.8. The van der Waals surface area contributed by atoms with Crippen molar-refractivity contribution in [1.29, 1.82) is 0 Å². The zero-order valence-electron chi connectivity index (χ0n) is 18.9. The van der Waals surface area contributed by atoms with Crippen molar-refractivity contribution in [2.75, 3.05) is 20.3 Å². The van der Waals surface area contributed by atoms with Gasteiger partial charge in [0.05, 0.1) is 24.5 Å². The number of nitrogens with zero attached hydrogens (tertiary/aromatic N) is 1. The SMILES string of the molecule is COc1ccc(CN(CCC2(C(C)C)CCOC(C)(C)C2)C(=O)c2ccoc2)cc1. The molecule has 5 heteroatoms. The van der Waals surface area contributed by atoms with E-state index in [1.54, 1.807) is 19.4 Å². The molecule has 0 spiro atoms. The van der Waals surface area contributed by atoms with Crippen molar-refractivity contribution >= 4 is 5.91 Å². The van der Waals surface area contributed by atoms with Crippen molar-refractivity contribution in [3.8, 4) is 5.75 Å². The summed E-state index contributed by atoms with van der Waals surface area (Å²) in [5.74, 6) is 1.34. The average Bonchev–Trinajstić information content (AvgIpc) is 3.25. The first-order valence-corrected chi connectivity index (χ1v) is 10.8. The normalized spacial score (nSPS) is 20.9. The molecule has 164 valence electrons. The number of carbonyl (C=O) groups is 1. The van der Waals surface area contributed by atoms with Crippen LogP contribution in [-0.2, 0) is 11.3 Å². The molecular formula is C25H35NO4. The number of methoxy groups -OCH3 is 1. The van der Waals surface area contributed by atoms with Gasteiger partial charge in [-0.1, -0.05) is 26.0 Å². The van der Waals surface area contributed by atoms with Gasteiger partial charge >= 0.3 is 0 Å². The number of hydrogen-bond acceptors (Lipinski definition) is 4. The second-order valence-corrected chi connectivity index (χ2v) is 9.39. The number of carbonyl (C=O) groups excluding carboxylic acids is 1. The molecule has 1 aliphatic rings. The topological polar surface area (TPSA) is 51.9 Å². The van der Waals surface area contributed by atoms with Gasteiger partial charge in [0.15, 0.2) is 0 Å². The number of ether oxygens (including phenoxy) is 2. The Morgan fingerprint density at radius 1 is 1.20 bits per heavy atom. The minimum Gasteiger partial charge on any atom is -0.497 e. The molecule has 0 bridgehead atoms. The summed E-state index contributed by atoms with van der Waals surface area (Å²) in [7, 11) is 1.66. The fourth-order valence-electron chi connectivity index (χ4n) is 4.64. The highest BCUT2D eigenvalue weighted by molar-refractivity contribution is 5.93. The minimum atomic E-state index is -0.127. The van der Waals surface area contributed by atoms with E-state index in [1.165, 1.54) is 6.26 Å². The van der Waals surface area contributed by atoms with Gasteiger partial charge in [0.2, 0.25) is 0 Å². The lowest BCUT2D eigenvalue weighted by Gasteiger charge is -2.48. The van der Waals surface area contributed by atoms with Gasteiger partial charge in [-0.2, -0.15) is 0 Å². The molecule has 30 heavy (non-hydrogen) atoms. The smallest absolute Gasteiger partial charge is 0.257 e. The van der Waals surface area contributed by atoms with Crippen LogP contribution in [0.25, 0.3) is 0 Å². The van der Waals surface area contributed by atoms with Crippen molar-refractivity contribution in [3.05, 3.63) is 54.0 Å². The third-order valence-corrected chi connectivity index (χ3v) is 6.56. The molecule has 1 aromatic carbocycles. The van der Waals surface area contributed by atoms with Gasteiger partial charge in [0.1, 0.15) is 12.0 Å². The van der Waals surface area contributed by atoms with Crippen LogP contribution in [0.2, 0.25) is 0 Å². The minimum absolute atomic E-state index is 0.00444. The van der Waals surface area contributed by atoms with E-state index in [4.69, 9.17) is 13.9 Å². The first-order chi connectivity index (χ1) is 14.2. The molecule has 0 aliphatic carbocycles. The summed E-state index contributed by atoms with van der Waals surface area (Å²) in [6, 6.07) is 9.65. The van der Waals surface area contributed by atoms with Gasteiger partial charge in [-0.05, 0) is 68.2 Å². The predicted molar refractivity (Wildman–Crippen MR) is 118 cm³/mol. The molecule has 5 nitrogen and oxygen atoms in total. The highest BCUT2D eigenvalue weighted by atomic mass is 16.5. The Bertz CT molecular complexity index is 810. The van der Waals surface area contributed by atoms with Gasteiger partial charge in [0.25, 0.3) is 5.91 Å². The van der Waals surface area contributed by atoms with Crippen molar-refractivity contribution in [3.63, 3.8) is 0 Å². The summed E-state index contributed by atoms with van der Waals surface area (Å²) in [6.07, 6.45) is 6.07. The van der Waals surface area contributed by atoms with E-state index in [9.17, 15) is 4.79 Å². The Hall–Kier alpha value is -2.27. The van der Waals surface area contributed by atoms with Crippen molar-refractivity contribution < 1.29 is 18.7 Å². The van der Waals surface area contributed by atoms with Crippen molar-refractivity contribution in [1.82, 2.24) is 4.90 Å². The maximum atomic E-state index is 13.2. The molecule has 1 amide bonds. The second-order valence-electron chi connectivity index (χ2n) is 9.39. The Kier molecular flexibility index (Phi) is 6.91. The quantitative estimate of drug-likeness (QED) is 0.569. The van der Waals surface area contributed by atoms with E-state index in [-0.39, 0.29) is 16.9 Å². The van der Waals surface area contributed by atoms with Crippen LogP contribution >= 0.6 is 0 Å². The van der Waals surface area contributed by atoms with Crippen LogP contribution in [0.15, 0.2) is 47.3 Å². The van der Waals surface area contributed by atoms with Gasteiger partial charge in [-0.15, -0.1) is 0 Å². The molecule has 3 rings (SSSR count).